The molecule has 1 aromatic heterocycles. The van der Waals surface area contributed by atoms with Gasteiger partial charge in [-0.15, -0.1) is 0 Å². The molecule has 0 saturated carbocycles. The van der Waals surface area contributed by atoms with Crippen LogP contribution in [0.25, 0.3) is 22.4 Å². The van der Waals surface area contributed by atoms with Crippen molar-refractivity contribution in [3.05, 3.63) is 66.6 Å². The molecule has 0 fully saturated rings. The van der Waals surface area contributed by atoms with E-state index in [0.717, 1.165) is 36.8 Å². The molecule has 210 valence electrons. The molecule has 0 amide bonds. The number of aromatic nitrogens is 1. The van der Waals surface area contributed by atoms with Crippen molar-refractivity contribution >= 4 is 5.97 Å². The number of hydrogen-bond acceptors (Lipinski definition) is 4. The van der Waals surface area contributed by atoms with Gasteiger partial charge in [0.25, 0.3) is 0 Å². The van der Waals surface area contributed by atoms with E-state index in [-0.39, 0.29) is 12.2 Å². The second kappa shape index (κ2) is 15.3. The van der Waals surface area contributed by atoms with E-state index in [1.807, 2.05) is 25.1 Å². The van der Waals surface area contributed by atoms with Crippen LogP contribution in [0.1, 0.15) is 85.0 Å². The highest BCUT2D eigenvalue weighted by Crippen LogP contribution is 2.28. The lowest BCUT2D eigenvalue weighted by atomic mass is 10.0. The summed E-state index contributed by atoms with van der Waals surface area (Å²) in [5.41, 5.74) is 1.03. The lowest BCUT2D eigenvalue weighted by Gasteiger charge is -2.18. The van der Waals surface area contributed by atoms with E-state index >= 15 is 0 Å². The molecule has 39 heavy (non-hydrogen) atoms. The van der Waals surface area contributed by atoms with E-state index in [1.54, 1.807) is 36.5 Å². The average molecular weight is 538 g/mol. The predicted molar refractivity (Wildman–Crippen MR) is 153 cm³/mol. The van der Waals surface area contributed by atoms with Crippen LogP contribution in [0.15, 0.2) is 60.8 Å². The molecule has 0 radical (unpaired) electrons. The molecule has 3 rings (SSSR count). The monoisotopic (exact) mass is 537 g/mol. The number of ether oxygens (including phenoxy) is 2. The summed E-state index contributed by atoms with van der Waals surface area (Å²) in [5.74, 6) is -0.714. The second-order valence-electron chi connectivity index (χ2n) is 10.3. The molecule has 1 atom stereocenters. The minimum atomic E-state index is -2.01. The van der Waals surface area contributed by atoms with Crippen LogP contribution in [0.3, 0.4) is 0 Å². The third kappa shape index (κ3) is 9.45. The van der Waals surface area contributed by atoms with Gasteiger partial charge in [0.15, 0.2) is 11.6 Å². The molecule has 4 nitrogen and oxygen atoms in total. The number of pyridine rings is 1. The fourth-order valence-corrected chi connectivity index (χ4v) is 4.32. The molecule has 0 bridgehead atoms. The highest BCUT2D eigenvalue weighted by molar-refractivity contribution is 5.81. The number of unbranched alkanes of at least 4 members (excludes halogenated alkanes) is 7. The minimum Gasteiger partial charge on any atom is -0.491 e. The molecular weight excluding hydrogens is 496 g/mol. The van der Waals surface area contributed by atoms with E-state index in [4.69, 9.17) is 9.47 Å². The molecule has 6 heteroatoms. The molecule has 0 spiro atoms. The van der Waals surface area contributed by atoms with Crippen LogP contribution < -0.4 is 9.47 Å². The number of nitrogens with zero attached hydrogens (tertiary/aromatic N) is 1. The number of alkyl halides is 1. The third-order valence-electron chi connectivity index (χ3n) is 6.82. The van der Waals surface area contributed by atoms with E-state index in [9.17, 15) is 13.6 Å². The first kappa shape index (κ1) is 30.3. The van der Waals surface area contributed by atoms with Crippen molar-refractivity contribution in [2.24, 2.45) is 0 Å². The Bertz CT molecular complexity index is 1160. The Morgan fingerprint density at radius 1 is 0.821 bits per heavy atom. The van der Waals surface area contributed by atoms with Gasteiger partial charge in [-0.25, -0.2) is 13.6 Å². The van der Waals surface area contributed by atoms with Gasteiger partial charge in [-0.2, -0.15) is 0 Å². The Hall–Kier alpha value is -3.28. The van der Waals surface area contributed by atoms with Crippen molar-refractivity contribution in [1.29, 1.82) is 0 Å². The lowest BCUT2D eigenvalue weighted by Crippen LogP contribution is -2.34. The summed E-state index contributed by atoms with van der Waals surface area (Å²) in [5, 5.41) is 0. The largest absolute Gasteiger partial charge is 0.491 e. The smallest absolute Gasteiger partial charge is 0.348 e. The lowest BCUT2D eigenvalue weighted by molar-refractivity contribution is -0.147. The zero-order chi connectivity index (χ0) is 28.1. The number of esters is 1. The zero-order valence-electron chi connectivity index (χ0n) is 23.5. The van der Waals surface area contributed by atoms with Crippen molar-refractivity contribution in [3.63, 3.8) is 0 Å². The molecule has 0 aliphatic rings. The number of carbonyl (C=O) groups is 1. The minimum absolute atomic E-state index is 0.147. The van der Waals surface area contributed by atoms with Crippen molar-refractivity contribution in [2.45, 2.75) is 90.6 Å². The van der Waals surface area contributed by atoms with E-state index in [2.05, 4.69) is 11.9 Å². The summed E-state index contributed by atoms with van der Waals surface area (Å²) in [7, 11) is 0. The Morgan fingerprint density at radius 2 is 1.46 bits per heavy atom. The van der Waals surface area contributed by atoms with Gasteiger partial charge in [0.1, 0.15) is 5.75 Å². The van der Waals surface area contributed by atoms with Crippen LogP contribution in [0.2, 0.25) is 0 Å². The van der Waals surface area contributed by atoms with Crippen LogP contribution >= 0.6 is 0 Å². The third-order valence-corrected chi connectivity index (χ3v) is 6.82. The van der Waals surface area contributed by atoms with Gasteiger partial charge in [0.2, 0.25) is 5.67 Å². The maximum atomic E-state index is 14.7. The SMILES string of the molecule is CCCCCCCCOc1ccc(-c2ccc(-c3ccc(OC(=O)[C@@](C)(F)CCCCC)cc3)cn2)cc1F. The van der Waals surface area contributed by atoms with Gasteiger partial charge in [-0.1, -0.05) is 77.0 Å². The Morgan fingerprint density at radius 3 is 2.13 bits per heavy atom. The van der Waals surface area contributed by atoms with Crippen molar-refractivity contribution in [2.75, 3.05) is 6.61 Å². The summed E-state index contributed by atoms with van der Waals surface area (Å²) in [6.45, 7) is 6.01. The van der Waals surface area contributed by atoms with Crippen molar-refractivity contribution < 1.29 is 23.0 Å². The summed E-state index contributed by atoms with van der Waals surface area (Å²) < 4.78 is 40.2. The van der Waals surface area contributed by atoms with Gasteiger partial charge in [-0.3, -0.25) is 4.98 Å². The van der Waals surface area contributed by atoms with E-state index in [1.165, 1.54) is 38.7 Å². The summed E-state index contributed by atoms with van der Waals surface area (Å²) in [4.78, 5) is 16.8. The highest BCUT2D eigenvalue weighted by Gasteiger charge is 2.34. The molecular formula is C33H41F2NO3. The van der Waals surface area contributed by atoms with Crippen LogP contribution in [0.4, 0.5) is 8.78 Å². The van der Waals surface area contributed by atoms with E-state index < -0.39 is 17.5 Å². The standard InChI is InChI=1S/C33H41F2NO3/c1-4-6-8-9-10-12-22-38-31-20-16-26(23-29(31)34)30-19-15-27(24-36-30)25-13-17-28(18-14-25)39-32(37)33(3,35)21-11-7-5-2/h13-20,23-24H,4-12,21-22H2,1-3H3/t33-/m0/s1. The topological polar surface area (TPSA) is 48.4 Å². The molecule has 0 aliphatic heterocycles. The molecule has 1 heterocycles. The molecule has 3 aromatic rings. The number of rotatable bonds is 16. The Kier molecular flexibility index (Phi) is 11.9. The Labute approximate surface area is 231 Å². The zero-order valence-corrected chi connectivity index (χ0v) is 23.5. The van der Waals surface area contributed by atoms with Gasteiger partial charge in [0, 0.05) is 17.3 Å². The maximum absolute atomic E-state index is 14.7. The first-order chi connectivity index (χ1) is 18.8. The van der Waals surface area contributed by atoms with Crippen LogP contribution in [-0.4, -0.2) is 23.2 Å². The Balaban J connectivity index is 1.55. The molecule has 0 unspecified atom stereocenters. The number of halogens is 2. The average Bonchev–Trinajstić information content (AvgIpc) is 2.94. The second-order valence-corrected chi connectivity index (χ2v) is 10.3. The molecule has 0 N–H and O–H groups in total. The quantitative estimate of drug-likeness (QED) is 0.104. The summed E-state index contributed by atoms with van der Waals surface area (Å²) >= 11 is 0. The number of hydrogen-bond donors (Lipinski definition) is 0. The van der Waals surface area contributed by atoms with Crippen LogP contribution in [-0.2, 0) is 4.79 Å². The first-order valence-corrected chi connectivity index (χ1v) is 14.2. The fourth-order valence-electron chi connectivity index (χ4n) is 4.32. The predicted octanol–water partition coefficient (Wildman–Crippen LogP) is 9.51. The molecule has 2 aromatic carbocycles. The normalized spacial score (nSPS) is 12.6. The van der Waals surface area contributed by atoms with Crippen molar-refractivity contribution in [1.82, 2.24) is 4.98 Å². The van der Waals surface area contributed by atoms with Crippen LogP contribution in [0.5, 0.6) is 11.5 Å². The van der Waals surface area contributed by atoms with Gasteiger partial charge in [-0.05, 0) is 68.1 Å². The summed E-state index contributed by atoms with van der Waals surface area (Å²) in [6.07, 6.45) is 11.3. The first-order valence-electron chi connectivity index (χ1n) is 14.2. The number of benzene rings is 2. The van der Waals surface area contributed by atoms with Gasteiger partial charge >= 0.3 is 5.97 Å². The van der Waals surface area contributed by atoms with Gasteiger partial charge < -0.3 is 9.47 Å². The van der Waals surface area contributed by atoms with Gasteiger partial charge in [0.05, 0.1) is 12.3 Å². The number of carbonyl (C=O) groups excluding carboxylic acids is 1. The maximum Gasteiger partial charge on any atom is 0.348 e. The van der Waals surface area contributed by atoms with E-state index in [0.29, 0.717) is 30.0 Å². The fraction of sp³-hybridized carbons (Fsp3) is 0.455. The highest BCUT2D eigenvalue weighted by atomic mass is 19.1. The van der Waals surface area contributed by atoms with Crippen LogP contribution in [0, 0.1) is 5.82 Å². The molecule has 0 saturated heterocycles. The summed E-state index contributed by atoms with van der Waals surface area (Å²) in [6, 6.07) is 15.5. The van der Waals surface area contributed by atoms with Crippen molar-refractivity contribution in [3.8, 4) is 33.9 Å². The molecule has 0 aliphatic carbocycles.